The van der Waals surface area contributed by atoms with Crippen molar-refractivity contribution in [2.75, 3.05) is 25.8 Å². The van der Waals surface area contributed by atoms with Crippen molar-refractivity contribution in [2.24, 2.45) is 0 Å². The quantitative estimate of drug-likeness (QED) is 0.461. The number of anilines is 1. The van der Waals surface area contributed by atoms with E-state index in [1.165, 1.54) is 18.0 Å². The second-order valence-corrected chi connectivity index (χ2v) is 6.83. The minimum atomic E-state index is -0.409. The van der Waals surface area contributed by atoms with Gasteiger partial charge < -0.3 is 14.8 Å². The van der Waals surface area contributed by atoms with Crippen LogP contribution in [-0.4, -0.2) is 36.4 Å². The van der Waals surface area contributed by atoms with Gasteiger partial charge in [-0.25, -0.2) is 9.97 Å². The number of thioether (sulfide) groups is 1. The maximum absolute atomic E-state index is 12.6. The highest BCUT2D eigenvalue weighted by Crippen LogP contribution is 2.33. The lowest BCUT2D eigenvalue weighted by Crippen LogP contribution is -2.15. The van der Waals surface area contributed by atoms with E-state index in [0.29, 0.717) is 16.6 Å². The maximum Gasteiger partial charge on any atom is 0.275 e. The molecule has 0 spiro atoms. The Labute approximate surface area is 172 Å². The summed E-state index contributed by atoms with van der Waals surface area (Å²) in [6.07, 6.45) is 3.25. The van der Waals surface area contributed by atoms with Gasteiger partial charge in [0.25, 0.3) is 5.91 Å². The molecule has 0 aliphatic carbocycles. The van der Waals surface area contributed by atoms with Crippen LogP contribution in [-0.2, 0) is 0 Å². The van der Waals surface area contributed by atoms with Crippen molar-refractivity contribution < 1.29 is 14.3 Å². The summed E-state index contributed by atoms with van der Waals surface area (Å²) in [6.45, 7) is 0. The Hall–Kier alpha value is -2.77. The highest BCUT2D eigenvalue weighted by molar-refractivity contribution is 7.98. The van der Waals surface area contributed by atoms with Crippen LogP contribution in [0.15, 0.2) is 53.8 Å². The highest BCUT2D eigenvalue weighted by Gasteiger charge is 2.16. The zero-order chi connectivity index (χ0) is 20.1. The van der Waals surface area contributed by atoms with E-state index in [1.54, 1.807) is 26.4 Å². The summed E-state index contributed by atoms with van der Waals surface area (Å²) in [6, 6.07) is 13.0. The Morgan fingerprint density at radius 1 is 1.11 bits per heavy atom. The number of hydrogen-bond donors (Lipinski definition) is 1. The highest BCUT2D eigenvalue weighted by atomic mass is 35.5. The monoisotopic (exact) mass is 415 g/mol. The van der Waals surface area contributed by atoms with E-state index in [2.05, 4.69) is 15.3 Å². The summed E-state index contributed by atoms with van der Waals surface area (Å²) in [5.74, 6) is 1.04. The van der Waals surface area contributed by atoms with Gasteiger partial charge in [-0.05, 0) is 42.2 Å². The molecular weight excluding hydrogens is 398 g/mol. The second-order valence-electron chi connectivity index (χ2n) is 5.65. The Morgan fingerprint density at radius 2 is 1.86 bits per heavy atom. The smallest absolute Gasteiger partial charge is 0.275 e. The molecule has 0 aliphatic rings. The van der Waals surface area contributed by atoms with Crippen molar-refractivity contribution in [3.63, 3.8) is 0 Å². The number of nitrogens with zero attached hydrogens (tertiary/aromatic N) is 2. The first-order chi connectivity index (χ1) is 13.5. The summed E-state index contributed by atoms with van der Waals surface area (Å²) < 4.78 is 10.7. The third-order valence-corrected chi connectivity index (χ3v) is 4.82. The van der Waals surface area contributed by atoms with Crippen molar-refractivity contribution >= 4 is 35.0 Å². The Bertz CT molecular complexity index is 996. The van der Waals surface area contributed by atoms with Gasteiger partial charge in [0.1, 0.15) is 11.5 Å². The fourth-order valence-electron chi connectivity index (χ4n) is 2.58. The summed E-state index contributed by atoms with van der Waals surface area (Å²) in [7, 11) is 3.22. The molecule has 3 aromatic rings. The number of amides is 1. The van der Waals surface area contributed by atoms with Crippen LogP contribution in [0, 0.1) is 0 Å². The molecule has 0 atom stereocenters. The lowest BCUT2D eigenvalue weighted by molar-refractivity contribution is 0.102. The van der Waals surface area contributed by atoms with Crippen molar-refractivity contribution in [3.8, 4) is 22.6 Å². The molecule has 1 N–H and O–H groups in total. The van der Waals surface area contributed by atoms with Crippen LogP contribution in [0.5, 0.6) is 11.5 Å². The van der Waals surface area contributed by atoms with Crippen molar-refractivity contribution in [2.45, 2.75) is 5.16 Å². The molecule has 0 fully saturated rings. The number of carbonyl (C=O) groups excluding carboxylic acids is 1. The Balaban J connectivity index is 1.91. The van der Waals surface area contributed by atoms with Crippen LogP contribution in [0.2, 0.25) is 5.02 Å². The standard InChI is InChI=1S/C20H18ClN3O3S/c1-26-14-7-4-12(5-8-14)15-10-13(6-9-17(15)27-2)23-19(25)18-16(21)11-22-20(24-18)28-3/h4-11H,1-3H3,(H,23,25). The van der Waals surface area contributed by atoms with Gasteiger partial charge in [0.15, 0.2) is 10.9 Å². The lowest BCUT2D eigenvalue weighted by atomic mass is 10.0. The van der Waals surface area contributed by atoms with Gasteiger partial charge in [0, 0.05) is 11.3 Å². The van der Waals surface area contributed by atoms with Crippen LogP contribution < -0.4 is 14.8 Å². The summed E-state index contributed by atoms with van der Waals surface area (Å²) in [5.41, 5.74) is 2.49. The number of benzene rings is 2. The van der Waals surface area contributed by atoms with Gasteiger partial charge in [-0.3, -0.25) is 4.79 Å². The fourth-order valence-corrected chi connectivity index (χ4v) is 3.10. The number of ether oxygens (including phenoxy) is 2. The van der Waals surface area contributed by atoms with Gasteiger partial charge in [0.05, 0.1) is 25.4 Å². The van der Waals surface area contributed by atoms with Crippen molar-refractivity contribution in [1.29, 1.82) is 0 Å². The normalized spacial score (nSPS) is 10.4. The molecule has 2 aromatic carbocycles. The minimum Gasteiger partial charge on any atom is -0.497 e. The average Bonchev–Trinajstić information content (AvgIpc) is 2.74. The number of hydrogen-bond acceptors (Lipinski definition) is 6. The van der Waals surface area contributed by atoms with E-state index in [9.17, 15) is 4.79 Å². The minimum absolute atomic E-state index is 0.128. The molecule has 8 heteroatoms. The molecule has 28 heavy (non-hydrogen) atoms. The van der Waals surface area contributed by atoms with E-state index in [4.69, 9.17) is 21.1 Å². The number of methoxy groups -OCH3 is 2. The number of rotatable bonds is 6. The molecule has 0 aliphatic heterocycles. The van der Waals surface area contributed by atoms with Crippen LogP contribution in [0.4, 0.5) is 5.69 Å². The zero-order valence-electron chi connectivity index (χ0n) is 15.5. The molecule has 0 radical (unpaired) electrons. The molecule has 0 unspecified atom stereocenters. The first-order valence-corrected chi connectivity index (χ1v) is 9.86. The molecule has 6 nitrogen and oxygen atoms in total. The summed E-state index contributed by atoms with van der Waals surface area (Å²) in [5, 5.41) is 3.50. The molecule has 3 rings (SSSR count). The van der Waals surface area contributed by atoms with Crippen LogP contribution in [0.1, 0.15) is 10.5 Å². The first-order valence-electron chi connectivity index (χ1n) is 8.26. The molecule has 144 valence electrons. The average molecular weight is 416 g/mol. The molecule has 1 heterocycles. The van der Waals surface area contributed by atoms with E-state index >= 15 is 0 Å². The SMILES string of the molecule is COc1ccc(-c2cc(NC(=O)c3nc(SC)ncc3Cl)ccc2OC)cc1. The van der Waals surface area contributed by atoms with Crippen LogP contribution in [0.3, 0.4) is 0 Å². The topological polar surface area (TPSA) is 73.3 Å². The van der Waals surface area contributed by atoms with Gasteiger partial charge in [0.2, 0.25) is 0 Å². The number of carbonyl (C=O) groups is 1. The van der Waals surface area contributed by atoms with Crippen molar-refractivity contribution in [1.82, 2.24) is 9.97 Å². The van der Waals surface area contributed by atoms with Crippen LogP contribution >= 0.6 is 23.4 Å². The summed E-state index contributed by atoms with van der Waals surface area (Å²) in [4.78, 5) is 20.9. The van der Waals surface area contributed by atoms with E-state index in [1.807, 2.05) is 36.6 Å². The van der Waals surface area contributed by atoms with Gasteiger partial charge >= 0.3 is 0 Å². The lowest BCUT2D eigenvalue weighted by Gasteiger charge is -2.13. The molecule has 0 saturated heterocycles. The maximum atomic E-state index is 12.6. The van der Waals surface area contributed by atoms with Gasteiger partial charge in [-0.2, -0.15) is 0 Å². The number of halogens is 1. The van der Waals surface area contributed by atoms with E-state index < -0.39 is 5.91 Å². The van der Waals surface area contributed by atoms with Crippen LogP contribution in [0.25, 0.3) is 11.1 Å². The second kappa shape index (κ2) is 8.95. The fraction of sp³-hybridized carbons (Fsp3) is 0.150. The van der Waals surface area contributed by atoms with Gasteiger partial charge in [-0.15, -0.1) is 0 Å². The molecule has 0 saturated carbocycles. The summed E-state index contributed by atoms with van der Waals surface area (Å²) >= 11 is 7.43. The number of nitrogens with one attached hydrogen (secondary N) is 1. The van der Waals surface area contributed by atoms with E-state index in [-0.39, 0.29) is 10.7 Å². The predicted molar refractivity (Wildman–Crippen MR) is 112 cm³/mol. The molecule has 1 amide bonds. The Morgan fingerprint density at radius 3 is 2.50 bits per heavy atom. The molecule has 1 aromatic heterocycles. The Kier molecular flexibility index (Phi) is 6.38. The molecule has 0 bridgehead atoms. The van der Waals surface area contributed by atoms with Crippen molar-refractivity contribution in [3.05, 3.63) is 59.4 Å². The number of aromatic nitrogens is 2. The predicted octanol–water partition coefficient (Wildman–Crippen LogP) is 4.79. The zero-order valence-corrected chi connectivity index (χ0v) is 17.1. The first kappa shape index (κ1) is 20.0. The third kappa shape index (κ3) is 4.37. The third-order valence-electron chi connectivity index (χ3n) is 3.98. The molecular formula is C20H18ClN3O3S. The van der Waals surface area contributed by atoms with Gasteiger partial charge in [-0.1, -0.05) is 35.5 Å². The van der Waals surface area contributed by atoms with E-state index in [0.717, 1.165) is 16.9 Å². The largest absolute Gasteiger partial charge is 0.497 e.